The van der Waals surface area contributed by atoms with Crippen LogP contribution in [-0.2, 0) is 16.2 Å². The van der Waals surface area contributed by atoms with Crippen molar-refractivity contribution in [1.82, 2.24) is 0 Å². The van der Waals surface area contributed by atoms with E-state index in [1.54, 1.807) is 0 Å². The number of anilines is 6. The van der Waals surface area contributed by atoms with E-state index in [0.29, 0.717) is 0 Å². The first-order valence-electron chi connectivity index (χ1n) is 31.1. The first-order chi connectivity index (χ1) is 43.3. The number of hydrogen-bond acceptors (Lipinski definition) is 4. The summed E-state index contributed by atoms with van der Waals surface area (Å²) >= 11 is 3.73. The second-order valence-corrected chi connectivity index (χ2v) is 28.3. The van der Waals surface area contributed by atoms with Crippen molar-refractivity contribution in [3.8, 4) is 33.4 Å². The molecule has 2 heterocycles. The van der Waals surface area contributed by atoms with Crippen LogP contribution < -0.4 is 9.80 Å². The molecule has 2 nitrogen and oxygen atoms in total. The van der Waals surface area contributed by atoms with Crippen LogP contribution in [0.4, 0.5) is 34.1 Å². The molecule has 426 valence electrons. The standard InChI is InChI=1S/C85H64N2S2/c1-83(2)73-45-53(25-27-55-31-39-65-67-41-33-61(51-77(67)84(3,4)75(65)47-55)86(57-17-9-7-10-18-57)59-35-43-81-71(49-59)69-21-13-15-23-79(69)88-81)29-37-63(73)64-38-30-54(46-74(64)83)26-28-56-32-40-66-68-42-34-62(52-78(68)85(5,6)76(66)48-56)87(58-19-11-8-12-20-58)60-36-44-82-72(50-60)70-22-14-16-24-80(70)89-82/h7-52H,1-6H3. The van der Waals surface area contributed by atoms with Gasteiger partial charge in [0.15, 0.2) is 0 Å². The van der Waals surface area contributed by atoms with Crippen LogP contribution in [0.5, 0.6) is 0 Å². The Morgan fingerprint density at radius 3 is 0.854 bits per heavy atom. The molecule has 0 fully saturated rings. The molecule has 0 amide bonds. The minimum absolute atomic E-state index is 0.162. The van der Waals surface area contributed by atoms with Gasteiger partial charge in [0.1, 0.15) is 0 Å². The molecule has 0 saturated carbocycles. The summed E-state index contributed by atoms with van der Waals surface area (Å²) in [7, 11) is 0. The third kappa shape index (κ3) is 8.56. The van der Waals surface area contributed by atoms with Gasteiger partial charge in [-0.2, -0.15) is 0 Å². The van der Waals surface area contributed by atoms with Gasteiger partial charge in [0, 0.05) is 90.7 Å². The smallest absolute Gasteiger partial charge is 0.0468 e. The van der Waals surface area contributed by atoms with Crippen molar-refractivity contribution in [2.24, 2.45) is 0 Å². The lowest BCUT2D eigenvalue weighted by Gasteiger charge is -2.28. The van der Waals surface area contributed by atoms with Crippen molar-refractivity contribution in [2.45, 2.75) is 57.8 Å². The van der Waals surface area contributed by atoms with Crippen molar-refractivity contribution in [1.29, 1.82) is 0 Å². The maximum atomic E-state index is 2.44. The number of thiophene rings is 2. The fourth-order valence-electron chi connectivity index (χ4n) is 15.1. The Kier molecular flexibility index (Phi) is 12.1. The molecule has 12 aromatic carbocycles. The predicted molar refractivity (Wildman–Crippen MR) is 385 cm³/mol. The van der Waals surface area contributed by atoms with Crippen LogP contribution in [0.2, 0.25) is 0 Å². The summed E-state index contributed by atoms with van der Waals surface area (Å²) in [4.78, 5) is 4.84. The summed E-state index contributed by atoms with van der Waals surface area (Å²) in [5.74, 6) is 0. The van der Waals surface area contributed by atoms with Gasteiger partial charge in [-0.05, 0) is 186 Å². The molecule has 2 aromatic heterocycles. The normalized spacial score (nSPS) is 14.6. The maximum absolute atomic E-state index is 2.44. The van der Waals surface area contributed by atoms with Gasteiger partial charge in [-0.15, -0.1) is 22.7 Å². The first-order valence-corrected chi connectivity index (χ1v) is 32.7. The monoisotopic (exact) mass is 1180 g/mol. The average Bonchev–Trinajstić information content (AvgIpc) is 1.96. The van der Waals surface area contributed by atoms with Gasteiger partial charge < -0.3 is 9.80 Å². The highest BCUT2D eigenvalue weighted by molar-refractivity contribution is 7.26. The van der Waals surface area contributed by atoms with E-state index in [-0.39, 0.29) is 16.2 Å². The molecule has 3 aliphatic rings. The number of para-hydroxylation sites is 2. The molecule has 0 aliphatic heterocycles. The summed E-state index contributed by atoms with van der Waals surface area (Å²) in [6, 6.07) is 95.5. The molecule has 17 rings (SSSR count). The highest BCUT2D eigenvalue weighted by Crippen LogP contribution is 2.55. The molecular formula is C85H64N2S2. The van der Waals surface area contributed by atoms with Crippen molar-refractivity contribution in [3.63, 3.8) is 0 Å². The van der Waals surface area contributed by atoms with E-state index in [0.717, 1.165) is 34.1 Å². The van der Waals surface area contributed by atoms with Gasteiger partial charge in [-0.3, -0.25) is 0 Å². The lowest BCUT2D eigenvalue weighted by Crippen LogP contribution is -2.16. The average molecular weight is 1180 g/mol. The summed E-state index contributed by atoms with van der Waals surface area (Å²) in [6.07, 6.45) is 9.21. The topological polar surface area (TPSA) is 6.48 Å². The lowest BCUT2D eigenvalue weighted by molar-refractivity contribution is 0.660. The highest BCUT2D eigenvalue weighted by Gasteiger charge is 2.39. The van der Waals surface area contributed by atoms with E-state index in [9.17, 15) is 0 Å². The Hall–Kier alpha value is -9.84. The molecule has 0 atom stereocenters. The zero-order valence-electron chi connectivity index (χ0n) is 50.8. The second-order valence-electron chi connectivity index (χ2n) is 26.1. The van der Waals surface area contributed by atoms with Gasteiger partial charge in [0.25, 0.3) is 0 Å². The third-order valence-corrected chi connectivity index (χ3v) is 22.1. The Morgan fingerprint density at radius 1 is 0.236 bits per heavy atom. The Bertz CT molecular complexity index is 4970. The molecule has 0 radical (unpaired) electrons. The van der Waals surface area contributed by atoms with E-state index in [4.69, 9.17) is 0 Å². The van der Waals surface area contributed by atoms with E-state index < -0.39 is 0 Å². The van der Waals surface area contributed by atoms with E-state index in [2.05, 4.69) is 330 Å². The van der Waals surface area contributed by atoms with Crippen LogP contribution in [0, 0.1) is 0 Å². The van der Waals surface area contributed by atoms with Crippen LogP contribution in [0.15, 0.2) is 255 Å². The van der Waals surface area contributed by atoms with Gasteiger partial charge in [0.2, 0.25) is 0 Å². The summed E-state index contributed by atoms with van der Waals surface area (Å²) in [5.41, 5.74) is 27.3. The number of nitrogens with zero attached hydrogens (tertiary/aromatic N) is 2. The van der Waals surface area contributed by atoms with Crippen molar-refractivity contribution in [3.05, 3.63) is 310 Å². The maximum Gasteiger partial charge on any atom is 0.0468 e. The zero-order valence-corrected chi connectivity index (χ0v) is 52.4. The van der Waals surface area contributed by atoms with E-state index >= 15 is 0 Å². The fourth-order valence-corrected chi connectivity index (χ4v) is 17.3. The summed E-state index contributed by atoms with van der Waals surface area (Å²) < 4.78 is 5.26. The molecule has 0 bridgehead atoms. The Labute approximate surface area is 529 Å². The molecule has 3 aliphatic carbocycles. The number of hydrogen-bond donors (Lipinski definition) is 0. The van der Waals surface area contributed by atoms with Gasteiger partial charge >= 0.3 is 0 Å². The molecular weight excluding hydrogens is 1110 g/mol. The quantitative estimate of drug-likeness (QED) is 0.126. The molecule has 89 heavy (non-hydrogen) atoms. The summed E-state index contributed by atoms with van der Waals surface area (Å²) in [6.45, 7) is 14.4. The van der Waals surface area contributed by atoms with Crippen LogP contribution in [0.1, 0.15) is 97.2 Å². The number of rotatable bonds is 10. The van der Waals surface area contributed by atoms with Crippen molar-refractivity contribution in [2.75, 3.05) is 9.80 Å². The van der Waals surface area contributed by atoms with Crippen molar-refractivity contribution >= 4 is 121 Å². The highest BCUT2D eigenvalue weighted by atomic mass is 32.1. The van der Waals surface area contributed by atoms with E-state index in [1.807, 2.05) is 22.7 Å². The number of fused-ring (bicyclic) bond motifs is 15. The molecule has 4 heteroatoms. The van der Waals surface area contributed by atoms with Crippen LogP contribution in [-0.4, -0.2) is 0 Å². The largest absolute Gasteiger partial charge is 0.310 e. The SMILES string of the molecule is CC1(C)c2cc(C=Cc3ccc4c(c3)C(C)(C)c3cc(N(c5ccccc5)c5ccc6sc7ccccc7c6c5)ccc3-4)ccc2-c2ccc(C=Cc3ccc4c(c3)C(C)(C)c3cc(N(c5ccccc5)c5ccc6sc7ccccc7c6c5)ccc3-4)cc21. The third-order valence-electron chi connectivity index (χ3n) is 19.8. The zero-order chi connectivity index (χ0) is 59.9. The van der Waals surface area contributed by atoms with E-state index in [1.165, 1.54) is 129 Å². The number of benzene rings is 12. The van der Waals surface area contributed by atoms with Crippen LogP contribution >= 0.6 is 22.7 Å². The molecule has 0 spiro atoms. The molecule has 14 aromatic rings. The minimum Gasteiger partial charge on any atom is -0.310 e. The lowest BCUT2D eigenvalue weighted by atomic mass is 9.81. The molecule has 0 unspecified atom stereocenters. The molecule has 0 saturated heterocycles. The van der Waals surface area contributed by atoms with Gasteiger partial charge in [-0.1, -0.05) is 224 Å². The van der Waals surface area contributed by atoms with Crippen molar-refractivity contribution < 1.29 is 0 Å². The van der Waals surface area contributed by atoms with Gasteiger partial charge in [0.05, 0.1) is 0 Å². The summed E-state index contributed by atoms with van der Waals surface area (Å²) in [5, 5.41) is 5.22. The molecule has 0 N–H and O–H groups in total. The van der Waals surface area contributed by atoms with Crippen LogP contribution in [0.25, 0.3) is 98.0 Å². The Morgan fingerprint density at radius 2 is 0.506 bits per heavy atom. The van der Waals surface area contributed by atoms with Gasteiger partial charge in [-0.25, -0.2) is 0 Å². The second kappa shape index (κ2) is 20.1. The minimum atomic E-state index is -0.196. The Balaban J connectivity index is 0.614. The predicted octanol–water partition coefficient (Wildman–Crippen LogP) is 24.6. The first kappa shape index (κ1) is 53.4. The fraction of sp³-hybridized carbons (Fsp3) is 0.106. The van der Waals surface area contributed by atoms with Crippen LogP contribution in [0.3, 0.4) is 0 Å².